The molecule has 1 aliphatic carbocycles. The SMILES string of the molecule is C=Cc1cc(C(=O)Cc2ccc(C(N)=NC(=O)OCCOCC)cc2)c(-c2ccc(C(=O)NCC3CC3)nc2C(=O)OC(C)OC(=O)C(C)C)cc1CO. The fourth-order valence-electron chi connectivity index (χ4n) is 5.18. The summed E-state index contributed by atoms with van der Waals surface area (Å²) < 4.78 is 20.8. The quantitative estimate of drug-likeness (QED) is 0.0392. The number of aromatic nitrogens is 1. The van der Waals surface area contributed by atoms with Crippen LogP contribution in [0, 0.1) is 11.8 Å². The highest BCUT2D eigenvalue weighted by atomic mass is 16.7. The Bertz CT molecular complexity index is 1900. The van der Waals surface area contributed by atoms with Crippen LogP contribution in [0.15, 0.2) is 60.1 Å². The summed E-state index contributed by atoms with van der Waals surface area (Å²) in [5.41, 5.74) is 8.11. The lowest BCUT2D eigenvalue weighted by atomic mass is 9.89. The van der Waals surface area contributed by atoms with Gasteiger partial charge in [-0.25, -0.2) is 14.6 Å². The average molecular weight is 743 g/mol. The molecule has 3 aromatic rings. The fraction of sp³-hybridized carbons (Fsp3) is 0.375. The number of benzene rings is 2. The molecule has 4 rings (SSSR count). The Morgan fingerprint density at radius 2 is 1.74 bits per heavy atom. The molecule has 1 heterocycles. The molecule has 0 spiro atoms. The fourth-order valence-corrected chi connectivity index (χ4v) is 5.18. The van der Waals surface area contributed by atoms with Gasteiger partial charge in [0.15, 0.2) is 11.5 Å². The summed E-state index contributed by atoms with van der Waals surface area (Å²) in [6, 6.07) is 12.6. The number of hydrogen-bond donors (Lipinski definition) is 3. The molecule has 1 aromatic heterocycles. The second-order valence-electron chi connectivity index (χ2n) is 12.9. The number of Topliss-reactive ketones (excluding diaryl/α,β-unsaturated/α-hetero) is 1. The van der Waals surface area contributed by atoms with E-state index in [-0.39, 0.29) is 59.3 Å². The van der Waals surface area contributed by atoms with Crippen molar-refractivity contribution in [2.24, 2.45) is 22.6 Å². The Morgan fingerprint density at radius 1 is 1.02 bits per heavy atom. The van der Waals surface area contributed by atoms with Gasteiger partial charge in [0.05, 0.1) is 19.1 Å². The van der Waals surface area contributed by atoms with Crippen LogP contribution >= 0.6 is 0 Å². The van der Waals surface area contributed by atoms with Gasteiger partial charge in [0.2, 0.25) is 6.29 Å². The molecular weight excluding hydrogens is 696 g/mol. The van der Waals surface area contributed by atoms with E-state index >= 15 is 0 Å². The van der Waals surface area contributed by atoms with Crippen molar-refractivity contribution in [3.8, 4) is 11.1 Å². The van der Waals surface area contributed by atoms with Crippen molar-refractivity contribution in [2.45, 2.75) is 59.9 Å². The number of amides is 2. The molecule has 2 amide bonds. The van der Waals surface area contributed by atoms with E-state index < -0.39 is 42.8 Å². The Hall–Kier alpha value is -5.73. The number of nitrogens with zero attached hydrogens (tertiary/aromatic N) is 2. The van der Waals surface area contributed by atoms with Crippen LogP contribution in [0.4, 0.5) is 4.79 Å². The van der Waals surface area contributed by atoms with Gasteiger partial charge in [0, 0.05) is 43.2 Å². The van der Waals surface area contributed by atoms with Gasteiger partial charge in [0.25, 0.3) is 5.91 Å². The minimum Gasteiger partial charge on any atom is -0.445 e. The standard InChI is InChI=1S/C40H46N4O10/c1-6-27-19-32(34(46)18-25-10-12-28(13-11-25)36(41)44-40(50)52-17-16-51-7-2)31(20-29(27)22-45)30-14-15-33(37(47)42-21-26-8-9-26)43-35(30)39(49)54-24(5)53-38(48)23(3)4/h6,10-15,19-20,23-24,26,45H,1,7-9,16-18,21-22H2,2-5H3,(H,42,47)(H2,41,44,50). The number of carbonyl (C=O) groups is 5. The smallest absolute Gasteiger partial charge is 0.435 e. The van der Waals surface area contributed by atoms with Crippen molar-refractivity contribution in [2.75, 3.05) is 26.4 Å². The molecule has 286 valence electrons. The predicted octanol–water partition coefficient (Wildman–Crippen LogP) is 5.03. The van der Waals surface area contributed by atoms with Gasteiger partial charge in [-0.15, -0.1) is 0 Å². The van der Waals surface area contributed by atoms with Crippen LogP contribution in [0.2, 0.25) is 0 Å². The number of ketones is 1. The number of hydrogen-bond acceptors (Lipinski definition) is 11. The first-order chi connectivity index (χ1) is 25.8. The third-order valence-corrected chi connectivity index (χ3v) is 8.34. The van der Waals surface area contributed by atoms with Crippen LogP contribution < -0.4 is 11.1 Å². The molecule has 14 heteroatoms. The number of aliphatic hydroxyl groups is 1. The summed E-state index contributed by atoms with van der Waals surface area (Å²) in [5.74, 6) is -2.61. The van der Waals surface area contributed by atoms with Crippen molar-refractivity contribution in [1.29, 1.82) is 0 Å². The molecule has 0 radical (unpaired) electrons. The van der Waals surface area contributed by atoms with Crippen molar-refractivity contribution < 1.29 is 48.0 Å². The third kappa shape index (κ3) is 11.4. The highest BCUT2D eigenvalue weighted by molar-refractivity contribution is 6.07. The Labute approximate surface area is 313 Å². The number of pyridine rings is 1. The molecular formula is C40H46N4O10. The minimum absolute atomic E-state index is 0.0325. The number of aliphatic hydroxyl groups excluding tert-OH is 1. The van der Waals surface area contributed by atoms with Gasteiger partial charge in [-0.2, -0.15) is 4.99 Å². The van der Waals surface area contributed by atoms with E-state index in [4.69, 9.17) is 24.7 Å². The first-order valence-corrected chi connectivity index (χ1v) is 17.7. The Morgan fingerprint density at radius 3 is 2.37 bits per heavy atom. The van der Waals surface area contributed by atoms with E-state index in [1.165, 1.54) is 25.1 Å². The van der Waals surface area contributed by atoms with E-state index in [1.54, 1.807) is 50.2 Å². The summed E-state index contributed by atoms with van der Waals surface area (Å²) in [6.07, 6.45) is 1.27. The second-order valence-corrected chi connectivity index (χ2v) is 12.9. The molecule has 1 unspecified atom stereocenters. The van der Waals surface area contributed by atoms with E-state index in [1.807, 2.05) is 6.92 Å². The monoisotopic (exact) mass is 742 g/mol. The van der Waals surface area contributed by atoms with Crippen LogP contribution in [0.3, 0.4) is 0 Å². The van der Waals surface area contributed by atoms with Crippen LogP contribution in [-0.2, 0) is 36.8 Å². The number of carbonyl (C=O) groups excluding carboxylic acids is 5. The largest absolute Gasteiger partial charge is 0.445 e. The highest BCUT2D eigenvalue weighted by Crippen LogP contribution is 2.33. The molecule has 0 bridgehead atoms. The molecule has 1 atom stereocenters. The van der Waals surface area contributed by atoms with E-state index in [0.29, 0.717) is 41.3 Å². The van der Waals surface area contributed by atoms with Crippen LogP contribution in [0.25, 0.3) is 17.2 Å². The van der Waals surface area contributed by atoms with E-state index in [0.717, 1.165) is 12.8 Å². The van der Waals surface area contributed by atoms with Crippen molar-refractivity contribution >= 4 is 41.6 Å². The molecule has 2 aromatic carbocycles. The third-order valence-electron chi connectivity index (χ3n) is 8.34. The van der Waals surface area contributed by atoms with Crippen LogP contribution in [-0.4, -0.2) is 78.3 Å². The maximum atomic E-state index is 14.1. The maximum Gasteiger partial charge on any atom is 0.435 e. The lowest BCUT2D eigenvalue weighted by Crippen LogP contribution is -2.28. The van der Waals surface area contributed by atoms with Gasteiger partial charge < -0.3 is 35.1 Å². The summed E-state index contributed by atoms with van der Waals surface area (Å²) in [4.78, 5) is 73.2. The number of nitrogens with two attached hydrogens (primary N) is 1. The van der Waals surface area contributed by atoms with Gasteiger partial charge in [-0.1, -0.05) is 50.8 Å². The molecule has 1 saturated carbocycles. The summed E-state index contributed by atoms with van der Waals surface area (Å²) >= 11 is 0. The minimum atomic E-state index is -1.29. The van der Waals surface area contributed by atoms with Crippen molar-refractivity contribution in [1.82, 2.24) is 10.3 Å². The highest BCUT2D eigenvalue weighted by Gasteiger charge is 2.27. The number of esters is 2. The van der Waals surface area contributed by atoms with Gasteiger partial charge in [0.1, 0.15) is 18.1 Å². The number of rotatable bonds is 18. The lowest BCUT2D eigenvalue weighted by Gasteiger charge is -2.19. The van der Waals surface area contributed by atoms with Crippen molar-refractivity contribution in [3.63, 3.8) is 0 Å². The molecule has 0 aliphatic heterocycles. The van der Waals surface area contributed by atoms with Crippen molar-refractivity contribution in [3.05, 3.63) is 94.3 Å². The second kappa shape index (κ2) is 19.4. The van der Waals surface area contributed by atoms with E-state index in [2.05, 4.69) is 21.9 Å². The number of nitrogens with one attached hydrogen (secondary N) is 1. The molecule has 0 saturated heterocycles. The predicted molar refractivity (Wildman–Crippen MR) is 200 cm³/mol. The maximum absolute atomic E-state index is 14.1. The molecule has 1 fully saturated rings. The van der Waals surface area contributed by atoms with Crippen LogP contribution in [0.5, 0.6) is 0 Å². The molecule has 54 heavy (non-hydrogen) atoms. The molecule has 1 aliphatic rings. The number of amidine groups is 1. The summed E-state index contributed by atoms with van der Waals surface area (Å²) in [7, 11) is 0. The average Bonchev–Trinajstić information content (AvgIpc) is 3.99. The normalized spacial score (nSPS) is 13.2. The molecule has 4 N–H and O–H groups in total. The number of aliphatic imine (C=N–C) groups is 1. The zero-order valence-electron chi connectivity index (χ0n) is 30.9. The summed E-state index contributed by atoms with van der Waals surface area (Å²) in [5, 5.41) is 13.1. The first-order valence-electron chi connectivity index (χ1n) is 17.7. The van der Waals surface area contributed by atoms with Gasteiger partial charge in [-0.05, 0) is 72.2 Å². The Kier molecular flexibility index (Phi) is 14.7. The van der Waals surface area contributed by atoms with E-state index in [9.17, 15) is 29.1 Å². The summed E-state index contributed by atoms with van der Waals surface area (Å²) in [6.45, 7) is 11.1. The topological polar surface area (TPSA) is 206 Å². The van der Waals surface area contributed by atoms with Gasteiger partial charge in [-0.3, -0.25) is 14.4 Å². The van der Waals surface area contributed by atoms with Gasteiger partial charge >= 0.3 is 18.0 Å². The lowest BCUT2D eigenvalue weighted by molar-refractivity contribution is -0.169. The number of ether oxygens (including phenoxy) is 4. The zero-order chi connectivity index (χ0) is 39.4. The Balaban J connectivity index is 1.68. The molecule has 14 nitrogen and oxygen atoms in total. The van der Waals surface area contributed by atoms with Crippen LogP contribution in [0.1, 0.15) is 94.1 Å². The zero-order valence-corrected chi connectivity index (χ0v) is 30.9. The first kappa shape index (κ1) is 41.0.